The normalized spacial score (nSPS) is 24.0. The molecule has 3 amide bonds. The number of carbonyl (C=O) groups is 3. The monoisotopic (exact) mass is 270 g/mol. The number of carboxylic acids is 1. The van der Waals surface area contributed by atoms with E-state index in [1.54, 1.807) is 4.90 Å². The van der Waals surface area contributed by atoms with Crippen LogP contribution in [0.5, 0.6) is 0 Å². The third kappa shape index (κ3) is 3.14. The minimum Gasteiger partial charge on any atom is -0.481 e. The van der Waals surface area contributed by atoms with Crippen molar-refractivity contribution < 1.29 is 19.5 Å². The van der Waals surface area contributed by atoms with E-state index in [1.165, 1.54) is 4.90 Å². The van der Waals surface area contributed by atoms with E-state index >= 15 is 0 Å². The van der Waals surface area contributed by atoms with Gasteiger partial charge in [-0.25, -0.2) is 4.79 Å². The lowest BCUT2D eigenvalue weighted by Gasteiger charge is -2.39. The molecule has 3 N–H and O–H groups in total. The molecule has 2 fully saturated rings. The zero-order valence-electron chi connectivity index (χ0n) is 10.6. The number of amides is 3. The molecule has 0 saturated carbocycles. The summed E-state index contributed by atoms with van der Waals surface area (Å²) in [4.78, 5) is 37.9. The Hall–Kier alpha value is -1.83. The molecule has 19 heavy (non-hydrogen) atoms. The van der Waals surface area contributed by atoms with E-state index in [-0.39, 0.29) is 12.5 Å². The summed E-state index contributed by atoms with van der Waals surface area (Å²) in [7, 11) is 0. The van der Waals surface area contributed by atoms with Crippen molar-refractivity contribution >= 4 is 17.9 Å². The minimum atomic E-state index is -1.08. The number of piperazine rings is 2. The van der Waals surface area contributed by atoms with E-state index in [2.05, 4.69) is 10.6 Å². The zero-order chi connectivity index (χ0) is 13.8. The van der Waals surface area contributed by atoms with Crippen molar-refractivity contribution in [1.29, 1.82) is 0 Å². The number of rotatable bonds is 2. The molecule has 0 bridgehead atoms. The Kier molecular flexibility index (Phi) is 4.20. The number of nitrogens with one attached hydrogen (secondary N) is 2. The molecular formula is C11H18N4O4. The Morgan fingerprint density at radius 2 is 1.89 bits per heavy atom. The molecule has 2 saturated heterocycles. The van der Waals surface area contributed by atoms with E-state index < -0.39 is 17.9 Å². The van der Waals surface area contributed by atoms with Crippen LogP contribution < -0.4 is 10.6 Å². The molecule has 0 aromatic carbocycles. The van der Waals surface area contributed by atoms with Gasteiger partial charge in [-0.1, -0.05) is 0 Å². The van der Waals surface area contributed by atoms with Crippen LogP contribution in [0.15, 0.2) is 0 Å². The molecule has 106 valence electrons. The van der Waals surface area contributed by atoms with Gasteiger partial charge in [0.1, 0.15) is 6.04 Å². The van der Waals surface area contributed by atoms with Gasteiger partial charge in [0.25, 0.3) is 0 Å². The van der Waals surface area contributed by atoms with Crippen LogP contribution in [0.1, 0.15) is 6.42 Å². The lowest BCUT2D eigenvalue weighted by Crippen LogP contribution is -2.62. The number of nitrogens with zero attached hydrogens (tertiary/aromatic N) is 2. The predicted octanol–water partition coefficient (Wildman–Crippen LogP) is -1.71. The Morgan fingerprint density at radius 3 is 2.53 bits per heavy atom. The molecule has 2 heterocycles. The second-order valence-electron chi connectivity index (χ2n) is 4.62. The molecule has 1 atom stereocenters. The number of aliphatic carboxylic acids is 1. The van der Waals surface area contributed by atoms with Crippen molar-refractivity contribution in [1.82, 2.24) is 20.4 Å². The summed E-state index contributed by atoms with van der Waals surface area (Å²) >= 11 is 0. The maximum atomic E-state index is 12.3. The first-order valence-corrected chi connectivity index (χ1v) is 6.35. The molecule has 2 rings (SSSR count). The summed E-state index contributed by atoms with van der Waals surface area (Å²) in [6.07, 6.45) is -0.357. The first-order chi connectivity index (χ1) is 9.09. The van der Waals surface area contributed by atoms with Crippen molar-refractivity contribution in [3.05, 3.63) is 0 Å². The molecule has 2 aliphatic rings. The van der Waals surface area contributed by atoms with Crippen LogP contribution in [0.3, 0.4) is 0 Å². The quantitative estimate of drug-likeness (QED) is 0.554. The van der Waals surface area contributed by atoms with Gasteiger partial charge < -0.3 is 25.5 Å². The number of urea groups is 1. The summed E-state index contributed by atoms with van der Waals surface area (Å²) in [5.74, 6) is -1.47. The van der Waals surface area contributed by atoms with Gasteiger partial charge in [0.05, 0.1) is 6.42 Å². The molecule has 0 aliphatic carbocycles. The number of hydrogen-bond donors (Lipinski definition) is 3. The second kappa shape index (κ2) is 5.87. The summed E-state index contributed by atoms with van der Waals surface area (Å²) in [5, 5.41) is 14.6. The average Bonchev–Trinajstić information content (AvgIpc) is 2.41. The first-order valence-electron chi connectivity index (χ1n) is 6.35. The van der Waals surface area contributed by atoms with Crippen LogP contribution in [0.25, 0.3) is 0 Å². The third-order valence-electron chi connectivity index (χ3n) is 3.33. The zero-order valence-corrected chi connectivity index (χ0v) is 10.6. The van der Waals surface area contributed by atoms with E-state index in [9.17, 15) is 14.4 Å². The van der Waals surface area contributed by atoms with E-state index in [1.807, 2.05) is 0 Å². The van der Waals surface area contributed by atoms with Crippen molar-refractivity contribution in [2.45, 2.75) is 12.5 Å². The second-order valence-corrected chi connectivity index (χ2v) is 4.62. The highest BCUT2D eigenvalue weighted by Crippen LogP contribution is 2.12. The maximum Gasteiger partial charge on any atom is 0.320 e. The van der Waals surface area contributed by atoms with Crippen LogP contribution in [-0.2, 0) is 9.59 Å². The lowest BCUT2D eigenvalue weighted by atomic mass is 10.1. The lowest BCUT2D eigenvalue weighted by molar-refractivity contribution is -0.142. The Balaban J connectivity index is 2.07. The molecule has 0 aromatic rings. The van der Waals surface area contributed by atoms with E-state index in [0.717, 1.165) is 13.1 Å². The van der Waals surface area contributed by atoms with Crippen molar-refractivity contribution in [3.63, 3.8) is 0 Å². The fraction of sp³-hybridized carbons (Fsp3) is 0.727. The molecule has 0 radical (unpaired) electrons. The Morgan fingerprint density at radius 1 is 1.21 bits per heavy atom. The van der Waals surface area contributed by atoms with Crippen molar-refractivity contribution in [2.24, 2.45) is 0 Å². The Labute approximate surface area is 110 Å². The summed E-state index contributed by atoms with van der Waals surface area (Å²) in [6.45, 7) is 3.32. The smallest absolute Gasteiger partial charge is 0.320 e. The first kappa shape index (κ1) is 13.6. The van der Waals surface area contributed by atoms with Gasteiger partial charge in [-0.15, -0.1) is 0 Å². The fourth-order valence-corrected chi connectivity index (χ4v) is 2.35. The highest BCUT2D eigenvalue weighted by Gasteiger charge is 2.36. The molecule has 8 nitrogen and oxygen atoms in total. The number of hydrogen-bond acceptors (Lipinski definition) is 4. The van der Waals surface area contributed by atoms with Crippen LogP contribution >= 0.6 is 0 Å². The molecule has 1 unspecified atom stereocenters. The Bertz CT molecular complexity index is 381. The molecule has 0 aromatic heterocycles. The fourth-order valence-electron chi connectivity index (χ4n) is 2.35. The summed E-state index contributed by atoms with van der Waals surface area (Å²) in [5.41, 5.74) is 0. The SMILES string of the molecule is O=C(O)CC1C(=O)NCCN1C(=O)N1CCNCC1. The van der Waals surface area contributed by atoms with Crippen LogP contribution in [-0.4, -0.2) is 78.1 Å². The van der Waals surface area contributed by atoms with Crippen LogP contribution in [0.2, 0.25) is 0 Å². The minimum absolute atomic E-state index is 0.248. The van der Waals surface area contributed by atoms with Gasteiger partial charge in [0.15, 0.2) is 0 Å². The van der Waals surface area contributed by atoms with Crippen LogP contribution in [0, 0.1) is 0 Å². The summed E-state index contributed by atoms with van der Waals surface area (Å²) in [6, 6.07) is -1.16. The topological polar surface area (TPSA) is 102 Å². The average molecular weight is 270 g/mol. The van der Waals surface area contributed by atoms with Gasteiger partial charge in [-0.2, -0.15) is 0 Å². The van der Waals surface area contributed by atoms with Gasteiger partial charge in [-0.3, -0.25) is 9.59 Å². The van der Waals surface area contributed by atoms with Crippen LogP contribution in [0.4, 0.5) is 4.79 Å². The molecule has 2 aliphatic heterocycles. The van der Waals surface area contributed by atoms with Crippen molar-refractivity contribution in [2.75, 3.05) is 39.3 Å². The van der Waals surface area contributed by atoms with Gasteiger partial charge >= 0.3 is 12.0 Å². The van der Waals surface area contributed by atoms with Gasteiger partial charge in [0.2, 0.25) is 5.91 Å². The standard InChI is InChI=1S/C11H18N4O4/c16-9(17)7-8-10(18)13-3-6-15(8)11(19)14-4-1-12-2-5-14/h8,12H,1-7H2,(H,13,18)(H,16,17). The molecule has 8 heteroatoms. The third-order valence-corrected chi connectivity index (χ3v) is 3.33. The predicted molar refractivity (Wildman–Crippen MR) is 65.6 cm³/mol. The largest absolute Gasteiger partial charge is 0.481 e. The van der Waals surface area contributed by atoms with E-state index in [4.69, 9.17) is 5.11 Å². The number of carbonyl (C=O) groups excluding carboxylic acids is 2. The number of carboxylic acid groups (broad SMARTS) is 1. The highest BCUT2D eigenvalue weighted by molar-refractivity contribution is 5.91. The summed E-state index contributed by atoms with van der Waals surface area (Å²) < 4.78 is 0. The molecular weight excluding hydrogens is 252 g/mol. The highest BCUT2D eigenvalue weighted by atomic mass is 16.4. The van der Waals surface area contributed by atoms with Gasteiger partial charge in [0, 0.05) is 39.3 Å². The van der Waals surface area contributed by atoms with Gasteiger partial charge in [-0.05, 0) is 0 Å². The maximum absolute atomic E-state index is 12.3. The molecule has 0 spiro atoms. The van der Waals surface area contributed by atoms with Crippen molar-refractivity contribution in [3.8, 4) is 0 Å². The van der Waals surface area contributed by atoms with E-state index in [0.29, 0.717) is 26.2 Å².